The summed E-state index contributed by atoms with van der Waals surface area (Å²) in [5.41, 5.74) is 4.27. The van der Waals surface area contributed by atoms with Crippen molar-refractivity contribution in [3.63, 3.8) is 0 Å². The number of ether oxygens (including phenoxy) is 1. The highest BCUT2D eigenvalue weighted by Gasteiger charge is 2.13. The van der Waals surface area contributed by atoms with E-state index in [4.69, 9.17) is 4.74 Å². The van der Waals surface area contributed by atoms with Crippen LogP contribution in [-0.4, -0.2) is 24.8 Å². The summed E-state index contributed by atoms with van der Waals surface area (Å²) in [6.45, 7) is 2.59. The van der Waals surface area contributed by atoms with Gasteiger partial charge in [0.2, 0.25) is 5.91 Å². The molecule has 5 rings (SSSR count). The summed E-state index contributed by atoms with van der Waals surface area (Å²) >= 11 is 0. The molecule has 0 unspecified atom stereocenters. The van der Waals surface area contributed by atoms with E-state index in [1.807, 2.05) is 95.0 Å². The van der Waals surface area contributed by atoms with Crippen LogP contribution in [-0.2, 0) is 24.4 Å². The molecule has 1 amide bonds. The van der Waals surface area contributed by atoms with Gasteiger partial charge in [-0.2, -0.15) is 0 Å². The van der Waals surface area contributed by atoms with E-state index >= 15 is 0 Å². The molecule has 2 aromatic carbocycles. The fourth-order valence-corrected chi connectivity index (χ4v) is 3.79. The molecule has 0 fully saturated rings. The smallest absolute Gasteiger partial charge is 0.244 e. The zero-order valence-electron chi connectivity index (χ0n) is 17.7. The van der Waals surface area contributed by atoms with Gasteiger partial charge in [-0.1, -0.05) is 31.2 Å². The molecule has 0 aliphatic heterocycles. The molecule has 0 aliphatic rings. The first-order chi connectivity index (χ1) is 15.7. The van der Waals surface area contributed by atoms with Crippen LogP contribution in [0.4, 0.5) is 5.69 Å². The first kappa shape index (κ1) is 19.8. The molecule has 32 heavy (non-hydrogen) atoms. The molecule has 0 saturated heterocycles. The second-order valence-corrected chi connectivity index (χ2v) is 7.52. The second-order valence-electron chi connectivity index (χ2n) is 7.52. The molecule has 0 aliphatic carbocycles. The Labute approximate surface area is 185 Å². The standard InChI is InChI=1S/C25H23N5O2/c1-2-23-28-21-10-3-4-11-22(21)30(23)16-25(31)27-18-8-7-9-20(14-18)32-17-19-15-29-13-6-5-12-24(29)26-19/h3-15H,2,16-17H2,1H3,(H,27,31). The van der Waals surface area contributed by atoms with Gasteiger partial charge in [0.15, 0.2) is 0 Å². The first-order valence-corrected chi connectivity index (χ1v) is 10.6. The number of aryl methyl sites for hydroxylation is 1. The lowest BCUT2D eigenvalue weighted by Crippen LogP contribution is -2.20. The fourth-order valence-electron chi connectivity index (χ4n) is 3.79. The van der Waals surface area contributed by atoms with Crippen molar-refractivity contribution in [3.8, 4) is 5.75 Å². The van der Waals surface area contributed by atoms with Crippen LogP contribution < -0.4 is 10.1 Å². The van der Waals surface area contributed by atoms with E-state index in [2.05, 4.69) is 15.3 Å². The van der Waals surface area contributed by atoms with Crippen molar-refractivity contribution in [2.24, 2.45) is 0 Å². The van der Waals surface area contributed by atoms with Crippen molar-refractivity contribution in [2.45, 2.75) is 26.5 Å². The highest BCUT2D eigenvalue weighted by Crippen LogP contribution is 2.20. The molecule has 0 spiro atoms. The number of nitrogens with one attached hydrogen (secondary N) is 1. The molecule has 7 heteroatoms. The van der Waals surface area contributed by atoms with Crippen molar-refractivity contribution in [1.29, 1.82) is 0 Å². The molecule has 160 valence electrons. The Morgan fingerprint density at radius 1 is 1.03 bits per heavy atom. The number of benzene rings is 2. The molecule has 0 saturated carbocycles. The monoisotopic (exact) mass is 425 g/mol. The maximum absolute atomic E-state index is 12.8. The number of fused-ring (bicyclic) bond motifs is 2. The van der Waals surface area contributed by atoms with Gasteiger partial charge in [-0.05, 0) is 36.4 Å². The molecule has 7 nitrogen and oxygen atoms in total. The van der Waals surface area contributed by atoms with Gasteiger partial charge in [0.1, 0.15) is 30.4 Å². The van der Waals surface area contributed by atoms with Crippen molar-refractivity contribution in [1.82, 2.24) is 18.9 Å². The zero-order valence-corrected chi connectivity index (χ0v) is 17.7. The minimum Gasteiger partial charge on any atom is -0.487 e. The Kier molecular flexibility index (Phi) is 5.29. The lowest BCUT2D eigenvalue weighted by molar-refractivity contribution is -0.116. The molecule has 0 bridgehead atoms. The van der Waals surface area contributed by atoms with E-state index < -0.39 is 0 Å². The summed E-state index contributed by atoms with van der Waals surface area (Å²) in [5, 5.41) is 2.97. The van der Waals surface area contributed by atoms with Crippen LogP contribution in [0.25, 0.3) is 16.7 Å². The SMILES string of the molecule is CCc1nc2ccccc2n1CC(=O)Nc1cccc(OCc2cn3ccccc3n2)c1. The van der Waals surface area contributed by atoms with E-state index in [0.29, 0.717) is 18.0 Å². The topological polar surface area (TPSA) is 73.5 Å². The van der Waals surface area contributed by atoms with E-state index in [-0.39, 0.29) is 12.5 Å². The Morgan fingerprint density at radius 3 is 2.78 bits per heavy atom. The predicted octanol–water partition coefficient (Wildman–Crippen LogP) is 4.46. The number of amides is 1. The van der Waals surface area contributed by atoms with Crippen LogP contribution in [0.3, 0.4) is 0 Å². The van der Waals surface area contributed by atoms with Crippen molar-refractivity contribution in [2.75, 3.05) is 5.32 Å². The quantitative estimate of drug-likeness (QED) is 0.418. The number of anilines is 1. The average Bonchev–Trinajstić information content (AvgIpc) is 3.39. The number of hydrogen-bond donors (Lipinski definition) is 1. The maximum atomic E-state index is 12.8. The van der Waals surface area contributed by atoms with E-state index in [9.17, 15) is 4.79 Å². The van der Waals surface area contributed by atoms with Gasteiger partial charge < -0.3 is 19.0 Å². The van der Waals surface area contributed by atoms with Crippen molar-refractivity contribution in [3.05, 3.63) is 90.6 Å². The summed E-state index contributed by atoms with van der Waals surface area (Å²) in [4.78, 5) is 21.9. The van der Waals surface area contributed by atoms with Crippen LogP contribution in [0, 0.1) is 0 Å². The van der Waals surface area contributed by atoms with Crippen LogP contribution in [0.15, 0.2) is 79.1 Å². The summed E-state index contributed by atoms with van der Waals surface area (Å²) in [6, 6.07) is 21.1. The summed E-state index contributed by atoms with van der Waals surface area (Å²) in [5.74, 6) is 1.45. The second kappa shape index (κ2) is 8.55. The maximum Gasteiger partial charge on any atom is 0.244 e. The fraction of sp³-hybridized carbons (Fsp3) is 0.160. The van der Waals surface area contributed by atoms with E-state index in [0.717, 1.165) is 34.6 Å². The summed E-state index contributed by atoms with van der Waals surface area (Å²) < 4.78 is 9.83. The molecule has 0 atom stereocenters. The molecular weight excluding hydrogens is 402 g/mol. The third-order valence-electron chi connectivity index (χ3n) is 5.27. The van der Waals surface area contributed by atoms with Gasteiger partial charge in [0, 0.05) is 30.6 Å². The van der Waals surface area contributed by atoms with Gasteiger partial charge in [0.05, 0.1) is 16.7 Å². The third kappa shape index (κ3) is 4.05. The predicted molar refractivity (Wildman–Crippen MR) is 124 cm³/mol. The Morgan fingerprint density at radius 2 is 1.91 bits per heavy atom. The van der Waals surface area contributed by atoms with Gasteiger partial charge in [-0.3, -0.25) is 4.79 Å². The van der Waals surface area contributed by atoms with Crippen LogP contribution in [0.2, 0.25) is 0 Å². The minimum absolute atomic E-state index is 0.111. The molecule has 5 aromatic rings. The molecule has 1 N–H and O–H groups in total. The molecule has 3 aromatic heterocycles. The van der Waals surface area contributed by atoms with Crippen LogP contribution >= 0.6 is 0 Å². The molecular formula is C25H23N5O2. The Bertz CT molecular complexity index is 1370. The van der Waals surface area contributed by atoms with Gasteiger partial charge in [-0.25, -0.2) is 9.97 Å². The first-order valence-electron chi connectivity index (χ1n) is 10.6. The van der Waals surface area contributed by atoms with Gasteiger partial charge in [-0.15, -0.1) is 0 Å². The number of hydrogen-bond acceptors (Lipinski definition) is 4. The highest BCUT2D eigenvalue weighted by molar-refractivity contribution is 5.92. The number of nitrogens with zero attached hydrogens (tertiary/aromatic N) is 4. The van der Waals surface area contributed by atoms with E-state index in [1.165, 1.54) is 0 Å². The summed E-state index contributed by atoms with van der Waals surface area (Å²) in [6.07, 6.45) is 4.66. The van der Waals surface area contributed by atoms with Crippen LogP contribution in [0.5, 0.6) is 5.75 Å². The van der Waals surface area contributed by atoms with Crippen LogP contribution in [0.1, 0.15) is 18.4 Å². The number of pyridine rings is 1. The summed E-state index contributed by atoms with van der Waals surface area (Å²) in [7, 11) is 0. The van der Waals surface area contributed by atoms with Gasteiger partial charge >= 0.3 is 0 Å². The number of imidazole rings is 2. The number of rotatable bonds is 7. The number of carbonyl (C=O) groups is 1. The Balaban J connectivity index is 1.26. The molecule has 0 radical (unpaired) electrons. The molecule has 3 heterocycles. The number of carbonyl (C=O) groups excluding carboxylic acids is 1. The van der Waals surface area contributed by atoms with Crippen molar-refractivity contribution < 1.29 is 9.53 Å². The Hall–Kier alpha value is -4.13. The highest BCUT2D eigenvalue weighted by atomic mass is 16.5. The lowest BCUT2D eigenvalue weighted by atomic mass is 10.3. The number of aromatic nitrogens is 4. The van der Waals surface area contributed by atoms with E-state index in [1.54, 1.807) is 0 Å². The minimum atomic E-state index is -0.111. The number of para-hydroxylation sites is 2. The average molecular weight is 425 g/mol. The van der Waals surface area contributed by atoms with Crippen molar-refractivity contribution >= 4 is 28.3 Å². The normalized spacial score (nSPS) is 11.2. The zero-order chi connectivity index (χ0) is 21.9. The lowest BCUT2D eigenvalue weighted by Gasteiger charge is -2.11. The largest absolute Gasteiger partial charge is 0.487 e. The van der Waals surface area contributed by atoms with Gasteiger partial charge in [0.25, 0.3) is 0 Å². The third-order valence-corrected chi connectivity index (χ3v) is 5.27.